The molecule has 1 atom stereocenters. The largest absolute Gasteiger partial charge is 0.484 e. The van der Waals surface area contributed by atoms with Crippen LogP contribution in [-0.2, 0) is 20.8 Å². The van der Waals surface area contributed by atoms with Crippen LogP contribution in [0.2, 0.25) is 0 Å². The summed E-state index contributed by atoms with van der Waals surface area (Å²) >= 11 is 0. The summed E-state index contributed by atoms with van der Waals surface area (Å²) in [7, 11) is 0. The molecule has 35 heavy (non-hydrogen) atoms. The Labute approximate surface area is 207 Å². The van der Waals surface area contributed by atoms with Gasteiger partial charge in [0.1, 0.15) is 11.8 Å². The van der Waals surface area contributed by atoms with Gasteiger partial charge in [-0.2, -0.15) is 0 Å². The van der Waals surface area contributed by atoms with Crippen molar-refractivity contribution in [3.63, 3.8) is 0 Å². The summed E-state index contributed by atoms with van der Waals surface area (Å²) in [6.45, 7) is 6.32. The first-order valence-corrected chi connectivity index (χ1v) is 12.2. The second-order valence-electron chi connectivity index (χ2n) is 9.35. The number of nitrogens with one attached hydrogen (secondary N) is 2. The van der Waals surface area contributed by atoms with Gasteiger partial charge in [0, 0.05) is 18.2 Å². The van der Waals surface area contributed by atoms with Gasteiger partial charge in [0.05, 0.1) is 0 Å². The average Bonchev–Trinajstić information content (AvgIpc) is 2.86. The van der Waals surface area contributed by atoms with E-state index in [0.717, 1.165) is 38.9 Å². The van der Waals surface area contributed by atoms with Crippen LogP contribution >= 0.6 is 0 Å². The molecule has 2 aromatic rings. The van der Waals surface area contributed by atoms with Crippen molar-refractivity contribution in [3.8, 4) is 5.75 Å². The van der Waals surface area contributed by atoms with E-state index in [1.54, 1.807) is 12.1 Å². The number of hydrogen-bond acceptors (Lipinski definition) is 5. The van der Waals surface area contributed by atoms with E-state index in [9.17, 15) is 14.4 Å². The Hall–Kier alpha value is -3.39. The summed E-state index contributed by atoms with van der Waals surface area (Å²) in [6.07, 6.45) is 2.54. The molecule has 0 bridgehead atoms. The number of nitrogens with two attached hydrogens (primary N) is 1. The van der Waals surface area contributed by atoms with E-state index < -0.39 is 6.04 Å². The van der Waals surface area contributed by atoms with E-state index >= 15 is 0 Å². The fourth-order valence-corrected chi connectivity index (χ4v) is 4.12. The lowest BCUT2D eigenvalue weighted by Crippen LogP contribution is -2.48. The van der Waals surface area contributed by atoms with Gasteiger partial charge in [-0.3, -0.25) is 14.4 Å². The van der Waals surface area contributed by atoms with Crippen LogP contribution in [0.15, 0.2) is 54.6 Å². The monoisotopic (exact) mass is 480 g/mol. The van der Waals surface area contributed by atoms with Crippen LogP contribution in [0.4, 0.5) is 5.69 Å². The van der Waals surface area contributed by atoms with E-state index in [4.69, 9.17) is 10.5 Å². The number of rotatable bonds is 11. The molecule has 1 aliphatic heterocycles. The van der Waals surface area contributed by atoms with Crippen molar-refractivity contribution in [2.45, 2.75) is 39.2 Å². The second-order valence-corrected chi connectivity index (χ2v) is 9.35. The molecule has 3 rings (SSSR count). The van der Waals surface area contributed by atoms with Crippen molar-refractivity contribution in [1.29, 1.82) is 0 Å². The summed E-state index contributed by atoms with van der Waals surface area (Å²) in [5.74, 6) is -0.291. The van der Waals surface area contributed by atoms with Gasteiger partial charge in [-0.1, -0.05) is 44.2 Å². The number of hydrogen-bond donors (Lipinski definition) is 3. The number of para-hydroxylation sites is 1. The fraction of sp³-hybridized carbons (Fsp3) is 0.444. The number of carbonyl (C=O) groups is 3. The topological polar surface area (TPSA) is 114 Å². The summed E-state index contributed by atoms with van der Waals surface area (Å²) in [6, 6.07) is 16.2. The predicted molar refractivity (Wildman–Crippen MR) is 136 cm³/mol. The Morgan fingerprint density at radius 2 is 1.69 bits per heavy atom. The third-order valence-corrected chi connectivity index (χ3v) is 6.31. The van der Waals surface area contributed by atoms with E-state index in [1.165, 1.54) is 5.56 Å². The molecule has 0 spiro atoms. The van der Waals surface area contributed by atoms with E-state index in [2.05, 4.69) is 15.5 Å². The SMILES string of the molecule is CC(C)C(NC(=O)COc1ccccc1)C(=O)Nc1ccc(CCN2CCC(C(N)=O)CC2)cc1. The minimum Gasteiger partial charge on any atom is -0.484 e. The van der Waals surface area contributed by atoms with Gasteiger partial charge in [-0.05, 0) is 68.1 Å². The highest BCUT2D eigenvalue weighted by Crippen LogP contribution is 2.18. The van der Waals surface area contributed by atoms with Crippen molar-refractivity contribution >= 4 is 23.4 Å². The Morgan fingerprint density at radius 3 is 2.29 bits per heavy atom. The van der Waals surface area contributed by atoms with Crippen molar-refractivity contribution in [2.75, 3.05) is 31.6 Å². The Bertz CT molecular complexity index is 970. The molecule has 4 N–H and O–H groups in total. The van der Waals surface area contributed by atoms with Gasteiger partial charge in [0.2, 0.25) is 11.8 Å². The van der Waals surface area contributed by atoms with Crippen LogP contribution in [0.1, 0.15) is 32.3 Å². The predicted octanol–water partition coefficient (Wildman–Crippen LogP) is 2.58. The molecule has 8 heteroatoms. The summed E-state index contributed by atoms with van der Waals surface area (Å²) < 4.78 is 5.47. The number of piperidine rings is 1. The number of primary amides is 1. The van der Waals surface area contributed by atoms with Gasteiger partial charge >= 0.3 is 0 Å². The van der Waals surface area contributed by atoms with Crippen molar-refractivity contribution in [2.24, 2.45) is 17.6 Å². The Kier molecular flexibility index (Phi) is 9.66. The first-order valence-electron chi connectivity index (χ1n) is 12.2. The molecule has 3 amide bonds. The normalized spacial score (nSPS) is 15.4. The lowest BCUT2D eigenvalue weighted by molar-refractivity contribution is -0.128. The zero-order chi connectivity index (χ0) is 25.2. The molecule has 1 unspecified atom stereocenters. The average molecular weight is 481 g/mol. The van der Waals surface area contributed by atoms with Crippen LogP contribution in [0.3, 0.4) is 0 Å². The van der Waals surface area contributed by atoms with Crippen LogP contribution in [0.5, 0.6) is 5.75 Å². The van der Waals surface area contributed by atoms with Crippen LogP contribution < -0.4 is 21.1 Å². The van der Waals surface area contributed by atoms with Gasteiger partial charge in [0.15, 0.2) is 6.61 Å². The van der Waals surface area contributed by atoms with Crippen molar-refractivity contribution < 1.29 is 19.1 Å². The van der Waals surface area contributed by atoms with Crippen LogP contribution in [0, 0.1) is 11.8 Å². The zero-order valence-electron chi connectivity index (χ0n) is 20.5. The molecular weight excluding hydrogens is 444 g/mol. The molecule has 2 aromatic carbocycles. The molecule has 8 nitrogen and oxygen atoms in total. The Balaban J connectivity index is 1.45. The van der Waals surface area contributed by atoms with Crippen molar-refractivity contribution in [1.82, 2.24) is 10.2 Å². The molecule has 1 heterocycles. The molecular formula is C27H36N4O4. The van der Waals surface area contributed by atoms with Gasteiger partial charge in [-0.25, -0.2) is 0 Å². The quantitative estimate of drug-likeness (QED) is 0.457. The minimum absolute atomic E-state index is 0.00461. The maximum absolute atomic E-state index is 12.8. The van der Waals surface area contributed by atoms with E-state index in [1.807, 2.05) is 56.3 Å². The maximum atomic E-state index is 12.8. The highest BCUT2D eigenvalue weighted by atomic mass is 16.5. The lowest BCUT2D eigenvalue weighted by atomic mass is 9.96. The molecule has 0 aromatic heterocycles. The number of anilines is 1. The number of ether oxygens (including phenoxy) is 1. The molecule has 0 radical (unpaired) electrons. The molecule has 188 valence electrons. The second kappa shape index (κ2) is 12.9. The zero-order valence-corrected chi connectivity index (χ0v) is 20.5. The van der Waals surface area contributed by atoms with Crippen molar-refractivity contribution in [3.05, 3.63) is 60.2 Å². The third kappa shape index (κ3) is 8.40. The molecule has 1 fully saturated rings. The first-order chi connectivity index (χ1) is 16.8. The molecule has 0 saturated carbocycles. The summed E-state index contributed by atoms with van der Waals surface area (Å²) in [5, 5.41) is 5.68. The van der Waals surface area contributed by atoms with E-state index in [0.29, 0.717) is 11.4 Å². The standard InChI is InChI=1S/C27H36N4O4/c1-19(2)25(30-24(32)18-35-23-6-4-3-5-7-23)27(34)29-22-10-8-20(9-11-22)12-15-31-16-13-21(14-17-31)26(28)33/h3-11,19,21,25H,12-18H2,1-2H3,(H2,28,33)(H,29,34)(H,30,32). The highest BCUT2D eigenvalue weighted by Gasteiger charge is 2.25. The summed E-state index contributed by atoms with van der Waals surface area (Å²) in [4.78, 5) is 38.9. The fourth-order valence-electron chi connectivity index (χ4n) is 4.12. The highest BCUT2D eigenvalue weighted by molar-refractivity contribution is 5.97. The first kappa shape index (κ1) is 26.2. The number of amides is 3. The van der Waals surface area contributed by atoms with Gasteiger partial charge < -0.3 is 26.0 Å². The van der Waals surface area contributed by atoms with Crippen LogP contribution in [0.25, 0.3) is 0 Å². The number of benzene rings is 2. The minimum atomic E-state index is -0.676. The third-order valence-electron chi connectivity index (χ3n) is 6.31. The van der Waals surface area contributed by atoms with Crippen LogP contribution in [-0.4, -0.2) is 54.9 Å². The Morgan fingerprint density at radius 1 is 1.03 bits per heavy atom. The maximum Gasteiger partial charge on any atom is 0.258 e. The van der Waals surface area contributed by atoms with E-state index in [-0.39, 0.29) is 36.2 Å². The van der Waals surface area contributed by atoms with Gasteiger partial charge in [-0.15, -0.1) is 0 Å². The lowest BCUT2D eigenvalue weighted by Gasteiger charge is -2.30. The molecule has 1 aliphatic rings. The summed E-state index contributed by atoms with van der Waals surface area (Å²) in [5.41, 5.74) is 7.26. The number of likely N-dealkylation sites (tertiary alicyclic amines) is 1. The molecule has 0 aliphatic carbocycles. The number of nitrogens with zero attached hydrogens (tertiary/aromatic N) is 1. The smallest absolute Gasteiger partial charge is 0.258 e. The van der Waals surface area contributed by atoms with Gasteiger partial charge in [0.25, 0.3) is 5.91 Å². The molecule has 1 saturated heterocycles. The number of carbonyl (C=O) groups excluding carboxylic acids is 3.